The standard InChI is InChI=1S/C16H21N5/c1-13-11-15(18-12-14-7-3-4-8-17-14)20-16(19-13)21-9-5-2-6-10-21/h3-4,7-8,11H,2,5-6,9-10,12H2,1H3,(H,18,19,20). The lowest BCUT2D eigenvalue weighted by atomic mass is 10.1. The zero-order chi connectivity index (χ0) is 14.5. The van der Waals surface area contributed by atoms with E-state index in [1.54, 1.807) is 6.20 Å². The van der Waals surface area contributed by atoms with Crippen molar-refractivity contribution in [1.82, 2.24) is 15.0 Å². The molecule has 3 rings (SSSR count). The largest absolute Gasteiger partial charge is 0.364 e. The highest BCUT2D eigenvalue weighted by molar-refractivity contribution is 5.44. The number of rotatable bonds is 4. The van der Waals surface area contributed by atoms with Crippen molar-refractivity contribution in [3.8, 4) is 0 Å². The number of piperidine rings is 1. The van der Waals surface area contributed by atoms with Gasteiger partial charge in [0.2, 0.25) is 5.95 Å². The summed E-state index contributed by atoms with van der Waals surface area (Å²) >= 11 is 0. The highest BCUT2D eigenvalue weighted by Gasteiger charge is 2.14. The molecule has 0 saturated carbocycles. The van der Waals surface area contributed by atoms with Crippen molar-refractivity contribution in [2.45, 2.75) is 32.7 Å². The number of nitrogens with one attached hydrogen (secondary N) is 1. The summed E-state index contributed by atoms with van der Waals surface area (Å²) in [7, 11) is 0. The number of anilines is 2. The number of aromatic nitrogens is 3. The molecule has 5 heteroatoms. The number of aryl methyl sites for hydroxylation is 1. The summed E-state index contributed by atoms with van der Waals surface area (Å²) in [5.74, 6) is 1.71. The molecular weight excluding hydrogens is 262 g/mol. The molecule has 0 atom stereocenters. The molecule has 1 aliphatic heterocycles. The molecule has 21 heavy (non-hydrogen) atoms. The topological polar surface area (TPSA) is 53.9 Å². The van der Waals surface area contributed by atoms with E-state index >= 15 is 0 Å². The molecule has 1 aliphatic rings. The van der Waals surface area contributed by atoms with Crippen LogP contribution in [-0.4, -0.2) is 28.0 Å². The molecule has 1 N–H and O–H groups in total. The maximum absolute atomic E-state index is 4.65. The van der Waals surface area contributed by atoms with Crippen LogP contribution in [0.5, 0.6) is 0 Å². The highest BCUT2D eigenvalue weighted by atomic mass is 15.3. The van der Waals surface area contributed by atoms with Gasteiger partial charge in [-0.1, -0.05) is 6.07 Å². The SMILES string of the molecule is Cc1cc(NCc2ccccn2)nc(N2CCCCC2)n1. The Labute approximate surface area is 125 Å². The first-order chi connectivity index (χ1) is 10.3. The normalized spacial score (nSPS) is 15.0. The minimum Gasteiger partial charge on any atom is -0.364 e. The molecule has 0 amide bonds. The van der Waals surface area contributed by atoms with E-state index in [0.29, 0.717) is 6.54 Å². The van der Waals surface area contributed by atoms with Crippen molar-refractivity contribution < 1.29 is 0 Å². The zero-order valence-corrected chi connectivity index (χ0v) is 12.4. The average molecular weight is 283 g/mol. The van der Waals surface area contributed by atoms with Gasteiger partial charge in [-0.05, 0) is 38.3 Å². The van der Waals surface area contributed by atoms with Crippen LogP contribution in [-0.2, 0) is 6.54 Å². The Kier molecular flexibility index (Phi) is 4.28. The van der Waals surface area contributed by atoms with Crippen molar-refractivity contribution in [1.29, 1.82) is 0 Å². The van der Waals surface area contributed by atoms with Crippen LogP contribution in [0.2, 0.25) is 0 Å². The molecule has 0 bridgehead atoms. The van der Waals surface area contributed by atoms with Crippen LogP contribution < -0.4 is 10.2 Å². The zero-order valence-electron chi connectivity index (χ0n) is 12.4. The van der Waals surface area contributed by atoms with Gasteiger partial charge in [-0.15, -0.1) is 0 Å². The summed E-state index contributed by atoms with van der Waals surface area (Å²) in [6.07, 6.45) is 5.58. The summed E-state index contributed by atoms with van der Waals surface area (Å²) in [5, 5.41) is 3.34. The summed E-state index contributed by atoms with van der Waals surface area (Å²) in [5.41, 5.74) is 2.00. The van der Waals surface area contributed by atoms with Gasteiger partial charge in [-0.2, -0.15) is 4.98 Å². The van der Waals surface area contributed by atoms with E-state index in [4.69, 9.17) is 0 Å². The van der Waals surface area contributed by atoms with Crippen molar-refractivity contribution in [3.63, 3.8) is 0 Å². The van der Waals surface area contributed by atoms with Crippen LogP contribution in [0, 0.1) is 6.92 Å². The third-order valence-corrected chi connectivity index (χ3v) is 3.66. The van der Waals surface area contributed by atoms with Gasteiger partial charge in [-0.25, -0.2) is 4.98 Å². The lowest BCUT2D eigenvalue weighted by Crippen LogP contribution is -2.31. The Bertz CT molecular complexity index is 578. The average Bonchev–Trinajstić information content (AvgIpc) is 2.54. The molecule has 1 saturated heterocycles. The summed E-state index contributed by atoms with van der Waals surface area (Å²) in [6.45, 7) is 4.81. The predicted molar refractivity (Wildman–Crippen MR) is 84.4 cm³/mol. The molecule has 0 radical (unpaired) electrons. The summed E-state index contributed by atoms with van der Waals surface area (Å²) in [6, 6.07) is 7.91. The van der Waals surface area contributed by atoms with E-state index in [1.807, 2.05) is 31.2 Å². The molecular formula is C16H21N5. The van der Waals surface area contributed by atoms with Crippen molar-refractivity contribution in [2.24, 2.45) is 0 Å². The first kappa shape index (κ1) is 13.8. The van der Waals surface area contributed by atoms with Gasteiger partial charge >= 0.3 is 0 Å². The van der Waals surface area contributed by atoms with E-state index < -0.39 is 0 Å². The highest BCUT2D eigenvalue weighted by Crippen LogP contribution is 2.18. The van der Waals surface area contributed by atoms with E-state index in [2.05, 4.69) is 25.2 Å². The third-order valence-electron chi connectivity index (χ3n) is 3.66. The monoisotopic (exact) mass is 283 g/mol. The van der Waals surface area contributed by atoms with E-state index in [1.165, 1.54) is 19.3 Å². The number of hydrogen-bond acceptors (Lipinski definition) is 5. The molecule has 2 aromatic rings. The fourth-order valence-corrected chi connectivity index (χ4v) is 2.56. The Morgan fingerprint density at radius 3 is 2.76 bits per heavy atom. The van der Waals surface area contributed by atoms with Crippen molar-refractivity contribution >= 4 is 11.8 Å². The third kappa shape index (κ3) is 3.68. The Morgan fingerprint density at radius 1 is 1.14 bits per heavy atom. The smallest absolute Gasteiger partial charge is 0.227 e. The van der Waals surface area contributed by atoms with Crippen LogP contribution in [0.3, 0.4) is 0 Å². The first-order valence-electron chi connectivity index (χ1n) is 7.56. The predicted octanol–water partition coefficient (Wildman–Crippen LogP) is 2.78. The minimum atomic E-state index is 0.677. The molecule has 0 aromatic carbocycles. The van der Waals surface area contributed by atoms with Gasteiger partial charge in [0.05, 0.1) is 12.2 Å². The fourth-order valence-electron chi connectivity index (χ4n) is 2.56. The summed E-state index contributed by atoms with van der Waals surface area (Å²) in [4.78, 5) is 15.8. The molecule has 2 aromatic heterocycles. The molecule has 1 fully saturated rings. The van der Waals surface area contributed by atoms with Gasteiger partial charge in [0, 0.05) is 31.0 Å². The molecule has 5 nitrogen and oxygen atoms in total. The second-order valence-corrected chi connectivity index (χ2v) is 5.42. The van der Waals surface area contributed by atoms with Gasteiger partial charge < -0.3 is 10.2 Å². The van der Waals surface area contributed by atoms with E-state index in [-0.39, 0.29) is 0 Å². The maximum Gasteiger partial charge on any atom is 0.227 e. The first-order valence-corrected chi connectivity index (χ1v) is 7.56. The summed E-state index contributed by atoms with van der Waals surface area (Å²) < 4.78 is 0. The second kappa shape index (κ2) is 6.52. The maximum atomic E-state index is 4.65. The number of nitrogens with zero attached hydrogens (tertiary/aromatic N) is 4. The van der Waals surface area contributed by atoms with E-state index in [9.17, 15) is 0 Å². The Balaban J connectivity index is 1.71. The number of pyridine rings is 1. The Hall–Kier alpha value is -2.17. The van der Waals surface area contributed by atoms with Crippen LogP contribution in [0.1, 0.15) is 30.7 Å². The van der Waals surface area contributed by atoms with E-state index in [0.717, 1.165) is 36.2 Å². The minimum absolute atomic E-state index is 0.677. The molecule has 0 aliphatic carbocycles. The van der Waals surface area contributed by atoms with Crippen molar-refractivity contribution in [3.05, 3.63) is 41.9 Å². The molecule has 0 spiro atoms. The molecule has 3 heterocycles. The van der Waals surface area contributed by atoms with Crippen molar-refractivity contribution in [2.75, 3.05) is 23.3 Å². The lowest BCUT2D eigenvalue weighted by molar-refractivity contribution is 0.568. The van der Waals surface area contributed by atoms with Crippen LogP contribution >= 0.6 is 0 Å². The van der Waals surface area contributed by atoms with Crippen LogP contribution in [0.25, 0.3) is 0 Å². The second-order valence-electron chi connectivity index (χ2n) is 5.42. The number of hydrogen-bond donors (Lipinski definition) is 1. The lowest BCUT2D eigenvalue weighted by Gasteiger charge is -2.27. The fraction of sp³-hybridized carbons (Fsp3) is 0.438. The van der Waals surface area contributed by atoms with Crippen LogP contribution in [0.4, 0.5) is 11.8 Å². The Morgan fingerprint density at radius 2 is 2.00 bits per heavy atom. The van der Waals surface area contributed by atoms with Gasteiger partial charge in [-0.3, -0.25) is 4.98 Å². The quantitative estimate of drug-likeness (QED) is 0.935. The molecule has 0 unspecified atom stereocenters. The van der Waals surface area contributed by atoms with Gasteiger partial charge in [0.1, 0.15) is 5.82 Å². The van der Waals surface area contributed by atoms with Gasteiger partial charge in [0.15, 0.2) is 0 Å². The molecule has 110 valence electrons. The van der Waals surface area contributed by atoms with Gasteiger partial charge in [0.25, 0.3) is 0 Å². The van der Waals surface area contributed by atoms with Crippen LogP contribution in [0.15, 0.2) is 30.5 Å².